The molecule has 0 aliphatic heterocycles. The Morgan fingerprint density at radius 3 is 2.38 bits per heavy atom. The van der Waals surface area contributed by atoms with Crippen LogP contribution in [0.15, 0.2) is 23.3 Å². The van der Waals surface area contributed by atoms with Gasteiger partial charge in [-0.3, -0.25) is 0 Å². The van der Waals surface area contributed by atoms with E-state index >= 15 is 0 Å². The van der Waals surface area contributed by atoms with E-state index in [0.29, 0.717) is 5.92 Å². The van der Waals surface area contributed by atoms with Gasteiger partial charge >= 0.3 is 0 Å². The molecular formula is C15H26O. The Bertz CT molecular complexity index is 278. The van der Waals surface area contributed by atoms with Crippen LogP contribution in [0.25, 0.3) is 0 Å². The lowest BCUT2D eigenvalue weighted by Gasteiger charge is -2.29. The summed E-state index contributed by atoms with van der Waals surface area (Å²) in [5, 5.41) is 10.1. The summed E-state index contributed by atoms with van der Waals surface area (Å²) in [6.45, 7) is 8.28. The van der Waals surface area contributed by atoms with Gasteiger partial charge in [-0.05, 0) is 65.7 Å². The molecule has 92 valence electrons. The third kappa shape index (κ3) is 4.52. The van der Waals surface area contributed by atoms with Crippen molar-refractivity contribution in [3.8, 4) is 0 Å². The molecule has 1 atom stereocenters. The van der Waals surface area contributed by atoms with Crippen LogP contribution < -0.4 is 0 Å². The van der Waals surface area contributed by atoms with Crippen molar-refractivity contribution in [3.63, 3.8) is 0 Å². The van der Waals surface area contributed by atoms with Gasteiger partial charge in [0.1, 0.15) is 0 Å². The van der Waals surface area contributed by atoms with Gasteiger partial charge in [-0.2, -0.15) is 0 Å². The molecular weight excluding hydrogens is 196 g/mol. The predicted octanol–water partition coefficient (Wildman–Crippen LogP) is 4.23. The number of hydrogen-bond acceptors (Lipinski definition) is 1. The van der Waals surface area contributed by atoms with Crippen molar-refractivity contribution in [2.24, 2.45) is 5.92 Å². The van der Waals surface area contributed by atoms with Crippen molar-refractivity contribution >= 4 is 0 Å². The Morgan fingerprint density at radius 1 is 1.12 bits per heavy atom. The Kier molecular flexibility index (Phi) is 4.79. The molecule has 1 aliphatic carbocycles. The van der Waals surface area contributed by atoms with Crippen molar-refractivity contribution in [1.82, 2.24) is 0 Å². The maximum atomic E-state index is 10.1. The molecule has 0 saturated carbocycles. The van der Waals surface area contributed by atoms with Crippen molar-refractivity contribution in [2.45, 2.75) is 65.4 Å². The van der Waals surface area contributed by atoms with Crippen LogP contribution in [0, 0.1) is 5.92 Å². The van der Waals surface area contributed by atoms with Crippen LogP contribution in [0.2, 0.25) is 0 Å². The van der Waals surface area contributed by atoms with Crippen LogP contribution in [-0.2, 0) is 0 Å². The molecule has 0 saturated heterocycles. The van der Waals surface area contributed by atoms with Gasteiger partial charge in [0.05, 0.1) is 5.60 Å². The topological polar surface area (TPSA) is 20.2 Å². The lowest BCUT2D eigenvalue weighted by molar-refractivity contribution is 0.0145. The summed E-state index contributed by atoms with van der Waals surface area (Å²) in [6, 6.07) is 0. The maximum absolute atomic E-state index is 10.1. The molecule has 16 heavy (non-hydrogen) atoms. The van der Waals surface area contributed by atoms with Crippen molar-refractivity contribution < 1.29 is 5.11 Å². The van der Waals surface area contributed by atoms with Gasteiger partial charge in [-0.15, -0.1) is 0 Å². The molecule has 0 radical (unpaired) electrons. The van der Waals surface area contributed by atoms with Gasteiger partial charge in [-0.1, -0.05) is 23.3 Å². The quantitative estimate of drug-likeness (QED) is 0.658. The highest BCUT2D eigenvalue weighted by molar-refractivity contribution is 5.06. The minimum atomic E-state index is -0.559. The fourth-order valence-corrected chi connectivity index (χ4v) is 2.26. The molecule has 0 heterocycles. The molecule has 1 rings (SSSR count). The summed E-state index contributed by atoms with van der Waals surface area (Å²) in [5.41, 5.74) is 2.38. The summed E-state index contributed by atoms with van der Waals surface area (Å²) in [7, 11) is 0. The predicted molar refractivity (Wildman–Crippen MR) is 70.4 cm³/mol. The fourth-order valence-electron chi connectivity index (χ4n) is 2.26. The first-order chi connectivity index (χ1) is 7.39. The SMILES string of the molecule is C/C1=C/CC/C(C)=C/CC(C(C)(C)O)CC1. The van der Waals surface area contributed by atoms with Gasteiger partial charge in [0.2, 0.25) is 0 Å². The fraction of sp³-hybridized carbons (Fsp3) is 0.733. The van der Waals surface area contributed by atoms with E-state index in [9.17, 15) is 5.11 Å². The van der Waals surface area contributed by atoms with Crippen LogP contribution in [0.1, 0.15) is 59.8 Å². The van der Waals surface area contributed by atoms with Crippen LogP contribution in [0.5, 0.6) is 0 Å². The van der Waals surface area contributed by atoms with E-state index in [0.717, 1.165) is 25.7 Å². The smallest absolute Gasteiger partial charge is 0.0622 e. The number of aliphatic hydroxyl groups is 1. The Hall–Kier alpha value is -0.560. The molecule has 0 aromatic rings. The molecule has 0 aromatic heterocycles. The minimum absolute atomic E-state index is 0.379. The van der Waals surface area contributed by atoms with Crippen molar-refractivity contribution in [2.75, 3.05) is 0 Å². The Balaban J connectivity index is 2.75. The Labute approximate surface area is 100 Å². The average Bonchev–Trinajstić information content (AvgIpc) is 2.15. The summed E-state index contributed by atoms with van der Waals surface area (Å²) < 4.78 is 0. The molecule has 1 nitrogen and oxygen atoms in total. The highest BCUT2D eigenvalue weighted by Gasteiger charge is 2.25. The van der Waals surface area contributed by atoms with Crippen LogP contribution in [0.4, 0.5) is 0 Å². The normalized spacial score (nSPS) is 31.2. The van der Waals surface area contributed by atoms with E-state index in [2.05, 4.69) is 26.0 Å². The van der Waals surface area contributed by atoms with Gasteiger partial charge in [0.15, 0.2) is 0 Å². The lowest BCUT2D eigenvalue weighted by atomic mass is 9.82. The third-order valence-electron chi connectivity index (χ3n) is 3.67. The van der Waals surface area contributed by atoms with E-state index in [1.54, 1.807) is 0 Å². The molecule has 1 aliphatic rings. The zero-order chi connectivity index (χ0) is 12.2. The largest absolute Gasteiger partial charge is 0.390 e. The molecule has 0 fully saturated rings. The average molecular weight is 222 g/mol. The zero-order valence-electron chi connectivity index (χ0n) is 11.2. The molecule has 0 aromatic carbocycles. The lowest BCUT2D eigenvalue weighted by Crippen LogP contribution is -2.30. The van der Waals surface area contributed by atoms with Gasteiger partial charge in [0.25, 0.3) is 0 Å². The van der Waals surface area contributed by atoms with E-state index in [-0.39, 0.29) is 0 Å². The van der Waals surface area contributed by atoms with Crippen LogP contribution in [0.3, 0.4) is 0 Å². The van der Waals surface area contributed by atoms with Crippen LogP contribution in [-0.4, -0.2) is 10.7 Å². The number of allylic oxidation sites excluding steroid dienone is 4. The van der Waals surface area contributed by atoms with E-state index in [1.165, 1.54) is 17.6 Å². The van der Waals surface area contributed by atoms with Gasteiger partial charge < -0.3 is 5.11 Å². The molecule has 0 amide bonds. The molecule has 0 spiro atoms. The molecule has 0 bridgehead atoms. The Morgan fingerprint density at radius 2 is 1.75 bits per heavy atom. The second-order valence-corrected chi connectivity index (χ2v) is 5.76. The first kappa shape index (κ1) is 13.5. The highest BCUT2D eigenvalue weighted by Crippen LogP contribution is 2.29. The minimum Gasteiger partial charge on any atom is -0.390 e. The first-order valence-electron chi connectivity index (χ1n) is 6.43. The molecule has 1 unspecified atom stereocenters. The monoisotopic (exact) mass is 222 g/mol. The van der Waals surface area contributed by atoms with Crippen molar-refractivity contribution in [1.29, 1.82) is 0 Å². The summed E-state index contributed by atoms with van der Waals surface area (Å²) in [5.74, 6) is 0.379. The maximum Gasteiger partial charge on any atom is 0.0622 e. The second-order valence-electron chi connectivity index (χ2n) is 5.76. The van der Waals surface area contributed by atoms with E-state index in [4.69, 9.17) is 0 Å². The highest BCUT2D eigenvalue weighted by atomic mass is 16.3. The number of rotatable bonds is 1. The molecule has 1 heteroatoms. The van der Waals surface area contributed by atoms with Crippen LogP contribution >= 0.6 is 0 Å². The molecule has 1 N–H and O–H groups in total. The van der Waals surface area contributed by atoms with E-state index in [1.807, 2.05) is 13.8 Å². The summed E-state index contributed by atoms with van der Waals surface area (Å²) >= 11 is 0. The third-order valence-corrected chi connectivity index (χ3v) is 3.67. The van der Waals surface area contributed by atoms with Crippen molar-refractivity contribution in [3.05, 3.63) is 23.3 Å². The van der Waals surface area contributed by atoms with Gasteiger partial charge in [-0.25, -0.2) is 0 Å². The number of hydrogen-bond donors (Lipinski definition) is 1. The second kappa shape index (κ2) is 5.67. The summed E-state index contributed by atoms with van der Waals surface area (Å²) in [4.78, 5) is 0. The standard InChI is InChI=1S/C15H26O/c1-12-6-5-7-13(2)9-11-14(10-8-12)15(3,4)16/h6,9,14,16H,5,7-8,10-11H2,1-4H3/b12-6-,13-9+. The van der Waals surface area contributed by atoms with Gasteiger partial charge in [0, 0.05) is 0 Å². The van der Waals surface area contributed by atoms with E-state index < -0.39 is 5.60 Å². The first-order valence-corrected chi connectivity index (χ1v) is 6.43. The summed E-state index contributed by atoms with van der Waals surface area (Å²) in [6.07, 6.45) is 10.2. The zero-order valence-corrected chi connectivity index (χ0v) is 11.2.